The molecule has 0 aliphatic carbocycles. The molecule has 1 aromatic heterocycles. The highest BCUT2D eigenvalue weighted by atomic mass is 79.9. The molecule has 0 saturated carbocycles. The Labute approximate surface area is 105 Å². The third-order valence-electron chi connectivity index (χ3n) is 2.58. The van der Waals surface area contributed by atoms with Crippen molar-refractivity contribution in [2.45, 2.75) is 6.04 Å². The zero-order valence-corrected chi connectivity index (χ0v) is 10.6. The molecule has 3 nitrogen and oxygen atoms in total. The second kappa shape index (κ2) is 4.54. The number of benzene rings is 1. The summed E-state index contributed by atoms with van der Waals surface area (Å²) >= 11 is 3.02. The SMILES string of the molecule is Cn1nccc1C(N)c1ccc(F)c(F)c1Br. The van der Waals surface area contributed by atoms with Crippen molar-refractivity contribution < 1.29 is 8.78 Å². The molecular weight excluding hydrogens is 292 g/mol. The summed E-state index contributed by atoms with van der Waals surface area (Å²) in [7, 11) is 1.74. The van der Waals surface area contributed by atoms with Crippen LogP contribution in [0, 0.1) is 11.6 Å². The average molecular weight is 302 g/mol. The quantitative estimate of drug-likeness (QED) is 0.866. The summed E-state index contributed by atoms with van der Waals surface area (Å²) in [5, 5.41) is 3.99. The van der Waals surface area contributed by atoms with E-state index in [9.17, 15) is 8.78 Å². The standard InChI is InChI=1S/C11H10BrF2N3/c1-17-8(4-5-16-17)11(15)6-2-3-7(13)10(14)9(6)12/h2-5,11H,15H2,1H3. The molecule has 2 aromatic rings. The van der Waals surface area contributed by atoms with Gasteiger partial charge in [-0.25, -0.2) is 8.78 Å². The summed E-state index contributed by atoms with van der Waals surface area (Å²) in [6, 6.07) is 3.69. The van der Waals surface area contributed by atoms with Gasteiger partial charge >= 0.3 is 0 Å². The van der Waals surface area contributed by atoms with E-state index in [0.29, 0.717) is 5.56 Å². The maximum absolute atomic E-state index is 13.4. The van der Waals surface area contributed by atoms with Gasteiger partial charge < -0.3 is 5.73 Å². The molecule has 0 fully saturated rings. The zero-order valence-electron chi connectivity index (χ0n) is 8.99. The molecule has 6 heteroatoms. The molecule has 1 heterocycles. The Balaban J connectivity index is 2.48. The van der Waals surface area contributed by atoms with Crippen LogP contribution >= 0.6 is 15.9 Å². The Bertz CT molecular complexity index is 554. The number of aromatic nitrogens is 2. The topological polar surface area (TPSA) is 43.8 Å². The lowest BCUT2D eigenvalue weighted by Crippen LogP contribution is -2.17. The van der Waals surface area contributed by atoms with Gasteiger partial charge in [-0.2, -0.15) is 5.10 Å². The van der Waals surface area contributed by atoms with E-state index < -0.39 is 17.7 Å². The van der Waals surface area contributed by atoms with Crippen LogP contribution in [-0.2, 0) is 7.05 Å². The van der Waals surface area contributed by atoms with E-state index in [0.717, 1.165) is 11.8 Å². The lowest BCUT2D eigenvalue weighted by atomic mass is 10.0. The molecule has 1 unspecified atom stereocenters. The van der Waals surface area contributed by atoms with Crippen LogP contribution in [0.3, 0.4) is 0 Å². The number of rotatable bonds is 2. The second-order valence-corrected chi connectivity index (χ2v) is 4.41. The minimum atomic E-state index is -0.930. The number of hydrogen-bond donors (Lipinski definition) is 1. The molecule has 90 valence electrons. The first-order valence-electron chi connectivity index (χ1n) is 4.89. The van der Waals surface area contributed by atoms with Crippen LogP contribution in [0.2, 0.25) is 0 Å². The number of halogens is 3. The van der Waals surface area contributed by atoms with Gasteiger partial charge in [-0.1, -0.05) is 6.07 Å². The molecule has 0 saturated heterocycles. The molecule has 0 bridgehead atoms. The van der Waals surface area contributed by atoms with Crippen LogP contribution < -0.4 is 5.73 Å². The van der Waals surface area contributed by atoms with Crippen LogP contribution in [0.25, 0.3) is 0 Å². The Morgan fingerprint density at radius 3 is 2.65 bits per heavy atom. The summed E-state index contributed by atoms with van der Waals surface area (Å²) in [6.45, 7) is 0. The maximum Gasteiger partial charge on any atom is 0.173 e. The monoisotopic (exact) mass is 301 g/mol. The van der Waals surface area contributed by atoms with Crippen LogP contribution in [-0.4, -0.2) is 9.78 Å². The number of aryl methyl sites for hydroxylation is 1. The van der Waals surface area contributed by atoms with Gasteiger partial charge in [-0.05, 0) is 33.6 Å². The van der Waals surface area contributed by atoms with Crippen molar-refractivity contribution in [1.29, 1.82) is 0 Å². The van der Waals surface area contributed by atoms with Crippen LogP contribution in [0.1, 0.15) is 17.3 Å². The van der Waals surface area contributed by atoms with E-state index in [2.05, 4.69) is 21.0 Å². The highest BCUT2D eigenvalue weighted by Gasteiger charge is 2.19. The Morgan fingerprint density at radius 1 is 1.35 bits per heavy atom. The Kier molecular flexibility index (Phi) is 3.26. The molecule has 0 aliphatic heterocycles. The van der Waals surface area contributed by atoms with Crippen molar-refractivity contribution in [2.24, 2.45) is 12.8 Å². The average Bonchev–Trinajstić information content (AvgIpc) is 2.72. The van der Waals surface area contributed by atoms with E-state index in [4.69, 9.17) is 5.73 Å². The largest absolute Gasteiger partial charge is 0.319 e. The summed E-state index contributed by atoms with van der Waals surface area (Å²) in [5.41, 5.74) is 7.20. The fourth-order valence-corrected chi connectivity index (χ4v) is 2.20. The van der Waals surface area contributed by atoms with Gasteiger partial charge in [-0.3, -0.25) is 4.68 Å². The molecule has 17 heavy (non-hydrogen) atoms. The molecule has 0 spiro atoms. The highest BCUT2D eigenvalue weighted by Crippen LogP contribution is 2.29. The Morgan fingerprint density at radius 2 is 2.06 bits per heavy atom. The first-order valence-corrected chi connectivity index (χ1v) is 5.68. The van der Waals surface area contributed by atoms with E-state index in [1.165, 1.54) is 6.07 Å². The number of hydrogen-bond acceptors (Lipinski definition) is 2. The minimum absolute atomic E-state index is 0.0474. The van der Waals surface area contributed by atoms with Crippen LogP contribution in [0.15, 0.2) is 28.9 Å². The maximum atomic E-state index is 13.4. The van der Waals surface area contributed by atoms with Crippen molar-refractivity contribution in [3.05, 3.63) is 51.8 Å². The molecule has 1 atom stereocenters. The minimum Gasteiger partial charge on any atom is -0.319 e. The molecular formula is C11H10BrF2N3. The highest BCUT2D eigenvalue weighted by molar-refractivity contribution is 9.10. The van der Waals surface area contributed by atoms with Crippen molar-refractivity contribution in [2.75, 3.05) is 0 Å². The fraction of sp³-hybridized carbons (Fsp3) is 0.182. The van der Waals surface area contributed by atoms with Gasteiger partial charge in [-0.15, -0.1) is 0 Å². The zero-order chi connectivity index (χ0) is 12.6. The lowest BCUT2D eigenvalue weighted by molar-refractivity contribution is 0.500. The number of nitrogens with two attached hydrogens (primary N) is 1. The molecule has 0 amide bonds. The molecule has 1 aromatic carbocycles. The smallest absolute Gasteiger partial charge is 0.173 e. The summed E-state index contributed by atoms with van der Waals surface area (Å²) in [5.74, 6) is -1.84. The molecule has 2 rings (SSSR count). The first-order chi connectivity index (χ1) is 8.02. The third kappa shape index (κ3) is 2.10. The van der Waals surface area contributed by atoms with Gasteiger partial charge in [0, 0.05) is 13.2 Å². The van der Waals surface area contributed by atoms with Crippen LogP contribution in [0.5, 0.6) is 0 Å². The van der Waals surface area contributed by atoms with Crippen molar-refractivity contribution in [1.82, 2.24) is 9.78 Å². The van der Waals surface area contributed by atoms with E-state index in [-0.39, 0.29) is 4.47 Å². The van der Waals surface area contributed by atoms with E-state index in [1.54, 1.807) is 24.0 Å². The van der Waals surface area contributed by atoms with Gasteiger partial charge in [0.05, 0.1) is 16.2 Å². The predicted molar refractivity (Wildman–Crippen MR) is 63.3 cm³/mol. The van der Waals surface area contributed by atoms with Crippen molar-refractivity contribution in [3.8, 4) is 0 Å². The molecule has 0 radical (unpaired) electrons. The number of nitrogens with zero attached hydrogens (tertiary/aromatic N) is 2. The van der Waals surface area contributed by atoms with Gasteiger partial charge in [0.2, 0.25) is 0 Å². The predicted octanol–water partition coefficient (Wildman–Crippen LogP) is 2.51. The normalized spacial score (nSPS) is 12.8. The van der Waals surface area contributed by atoms with Gasteiger partial charge in [0.15, 0.2) is 11.6 Å². The molecule has 2 N–H and O–H groups in total. The first kappa shape index (κ1) is 12.2. The molecule has 0 aliphatic rings. The van der Waals surface area contributed by atoms with E-state index >= 15 is 0 Å². The summed E-state index contributed by atoms with van der Waals surface area (Å²) in [6.07, 6.45) is 1.60. The summed E-state index contributed by atoms with van der Waals surface area (Å²) < 4.78 is 28.0. The third-order valence-corrected chi connectivity index (χ3v) is 3.38. The fourth-order valence-electron chi connectivity index (χ4n) is 1.63. The van der Waals surface area contributed by atoms with Crippen molar-refractivity contribution in [3.63, 3.8) is 0 Å². The lowest BCUT2D eigenvalue weighted by Gasteiger charge is -2.14. The van der Waals surface area contributed by atoms with Gasteiger partial charge in [0.25, 0.3) is 0 Å². The van der Waals surface area contributed by atoms with Gasteiger partial charge in [0.1, 0.15) is 0 Å². The second-order valence-electron chi connectivity index (χ2n) is 3.62. The van der Waals surface area contributed by atoms with Crippen LogP contribution in [0.4, 0.5) is 8.78 Å². The summed E-state index contributed by atoms with van der Waals surface area (Å²) in [4.78, 5) is 0. The van der Waals surface area contributed by atoms with Crippen molar-refractivity contribution >= 4 is 15.9 Å². The Hall–Kier alpha value is -1.27. The van der Waals surface area contributed by atoms with E-state index in [1.807, 2.05) is 0 Å².